The first-order valence-corrected chi connectivity index (χ1v) is 8.69. The van der Waals surface area contributed by atoms with E-state index in [-0.39, 0.29) is 11.8 Å². The number of benzene rings is 1. The Bertz CT molecular complexity index is 532. The van der Waals surface area contributed by atoms with Crippen LogP contribution >= 0.6 is 15.9 Å². The molecule has 0 aliphatic heterocycles. The van der Waals surface area contributed by atoms with Gasteiger partial charge in [-0.3, -0.25) is 4.79 Å². The van der Waals surface area contributed by atoms with Crippen LogP contribution in [-0.2, 0) is 11.2 Å². The molecule has 2 aliphatic carbocycles. The van der Waals surface area contributed by atoms with Crippen LogP contribution in [0.4, 0.5) is 0 Å². The second-order valence-electron chi connectivity index (χ2n) is 6.30. The quantitative estimate of drug-likeness (QED) is 0.864. The number of rotatable bonds is 4. The van der Waals surface area contributed by atoms with Crippen LogP contribution in [0.1, 0.15) is 49.3 Å². The van der Waals surface area contributed by atoms with Gasteiger partial charge < -0.3 is 10.4 Å². The number of hydrogen-bond acceptors (Lipinski definition) is 2. The van der Waals surface area contributed by atoms with Crippen molar-refractivity contribution in [2.75, 3.05) is 6.54 Å². The lowest BCUT2D eigenvalue weighted by molar-refractivity contribution is -0.144. The molecule has 1 aromatic rings. The van der Waals surface area contributed by atoms with Crippen LogP contribution in [0.25, 0.3) is 0 Å². The summed E-state index contributed by atoms with van der Waals surface area (Å²) in [5.74, 6) is -0.488. The number of aliphatic carboxylic acids is 1. The molecule has 2 N–H and O–H groups in total. The average molecular weight is 352 g/mol. The van der Waals surface area contributed by atoms with Gasteiger partial charge in [-0.05, 0) is 55.3 Å². The van der Waals surface area contributed by atoms with Crippen molar-refractivity contribution in [3.63, 3.8) is 0 Å². The van der Waals surface area contributed by atoms with E-state index in [1.165, 1.54) is 22.0 Å². The summed E-state index contributed by atoms with van der Waals surface area (Å²) in [5, 5.41) is 13.0. The lowest BCUT2D eigenvalue weighted by Gasteiger charge is -2.30. The number of carbonyl (C=O) groups is 1. The second kappa shape index (κ2) is 6.49. The zero-order chi connectivity index (χ0) is 14.8. The molecule has 0 radical (unpaired) electrons. The highest BCUT2D eigenvalue weighted by atomic mass is 79.9. The number of carboxylic acids is 1. The van der Waals surface area contributed by atoms with E-state index in [4.69, 9.17) is 0 Å². The summed E-state index contributed by atoms with van der Waals surface area (Å²) < 4.78 is 1.20. The van der Waals surface area contributed by atoms with Crippen LogP contribution in [0.15, 0.2) is 22.7 Å². The molecule has 0 saturated heterocycles. The fourth-order valence-corrected chi connectivity index (χ4v) is 4.47. The average Bonchev–Trinajstić information content (AvgIpc) is 2.90. The highest BCUT2D eigenvalue weighted by Crippen LogP contribution is 2.36. The standard InChI is InChI=1S/C17H22BrNO2/c18-15-7-3-6-14-13(15)8-9-16(14)19-10-11-4-1-2-5-12(11)17(20)21/h3,6-7,11-12,16,19H,1-2,4-5,8-10H2,(H,20,21). The van der Waals surface area contributed by atoms with Crippen LogP contribution < -0.4 is 5.32 Å². The van der Waals surface area contributed by atoms with Crippen molar-refractivity contribution in [3.8, 4) is 0 Å². The van der Waals surface area contributed by atoms with Gasteiger partial charge >= 0.3 is 5.97 Å². The zero-order valence-electron chi connectivity index (χ0n) is 12.1. The number of halogens is 1. The first-order chi connectivity index (χ1) is 10.2. The number of nitrogens with one attached hydrogen (secondary N) is 1. The molecule has 3 unspecified atom stereocenters. The normalized spacial score (nSPS) is 28.3. The molecule has 0 heterocycles. The molecule has 0 spiro atoms. The molecule has 0 aromatic heterocycles. The van der Waals surface area contributed by atoms with Gasteiger partial charge in [0.25, 0.3) is 0 Å². The predicted molar refractivity (Wildman–Crippen MR) is 86.3 cm³/mol. The third kappa shape index (κ3) is 3.16. The minimum Gasteiger partial charge on any atom is -0.481 e. The summed E-state index contributed by atoms with van der Waals surface area (Å²) >= 11 is 3.63. The van der Waals surface area contributed by atoms with E-state index < -0.39 is 5.97 Å². The van der Waals surface area contributed by atoms with Crippen LogP contribution in [0, 0.1) is 11.8 Å². The van der Waals surface area contributed by atoms with E-state index in [2.05, 4.69) is 39.4 Å². The van der Waals surface area contributed by atoms with Crippen molar-refractivity contribution in [2.45, 2.75) is 44.6 Å². The maximum atomic E-state index is 11.4. The Kier molecular flexibility index (Phi) is 4.65. The van der Waals surface area contributed by atoms with Gasteiger partial charge in [0, 0.05) is 10.5 Å². The third-order valence-corrected chi connectivity index (χ3v) is 5.81. The fourth-order valence-electron chi connectivity index (χ4n) is 3.89. The summed E-state index contributed by atoms with van der Waals surface area (Å²) in [6.45, 7) is 0.827. The topological polar surface area (TPSA) is 49.3 Å². The first kappa shape index (κ1) is 15.0. The zero-order valence-corrected chi connectivity index (χ0v) is 13.7. The van der Waals surface area contributed by atoms with Crippen molar-refractivity contribution in [1.82, 2.24) is 5.32 Å². The molecule has 1 aromatic carbocycles. The molecule has 3 nitrogen and oxygen atoms in total. The van der Waals surface area contributed by atoms with Gasteiger partial charge in [-0.2, -0.15) is 0 Å². The Balaban J connectivity index is 1.64. The van der Waals surface area contributed by atoms with Crippen LogP contribution in [0.5, 0.6) is 0 Å². The van der Waals surface area contributed by atoms with E-state index in [1.54, 1.807) is 0 Å². The summed E-state index contributed by atoms with van der Waals surface area (Å²) in [5.41, 5.74) is 2.79. The minimum atomic E-state index is -0.615. The number of fused-ring (bicyclic) bond motifs is 1. The van der Waals surface area contributed by atoms with Crippen molar-refractivity contribution < 1.29 is 9.90 Å². The molecule has 0 bridgehead atoms. The van der Waals surface area contributed by atoms with E-state index in [0.29, 0.717) is 6.04 Å². The van der Waals surface area contributed by atoms with Gasteiger partial charge in [-0.15, -0.1) is 0 Å². The van der Waals surface area contributed by atoms with Crippen molar-refractivity contribution in [2.24, 2.45) is 11.8 Å². The maximum absolute atomic E-state index is 11.4. The molecular formula is C17H22BrNO2. The second-order valence-corrected chi connectivity index (χ2v) is 7.15. The van der Waals surface area contributed by atoms with E-state index in [9.17, 15) is 9.90 Å². The maximum Gasteiger partial charge on any atom is 0.306 e. The lowest BCUT2D eigenvalue weighted by atomic mass is 9.79. The monoisotopic (exact) mass is 351 g/mol. The fraction of sp³-hybridized carbons (Fsp3) is 0.588. The molecular weight excluding hydrogens is 330 g/mol. The molecule has 1 saturated carbocycles. The van der Waals surface area contributed by atoms with Gasteiger partial charge in [0.05, 0.1) is 5.92 Å². The molecule has 3 rings (SSSR count). The molecule has 21 heavy (non-hydrogen) atoms. The van der Waals surface area contributed by atoms with Crippen LogP contribution in [-0.4, -0.2) is 17.6 Å². The summed E-state index contributed by atoms with van der Waals surface area (Å²) in [6, 6.07) is 6.76. The molecule has 114 valence electrons. The van der Waals surface area contributed by atoms with E-state index in [1.807, 2.05) is 0 Å². The van der Waals surface area contributed by atoms with Crippen LogP contribution in [0.2, 0.25) is 0 Å². The Hall–Kier alpha value is -0.870. The molecule has 0 amide bonds. The van der Waals surface area contributed by atoms with Crippen molar-refractivity contribution in [3.05, 3.63) is 33.8 Å². The van der Waals surface area contributed by atoms with Gasteiger partial charge in [0.2, 0.25) is 0 Å². The predicted octanol–water partition coefficient (Wildman–Crippen LogP) is 3.92. The lowest BCUT2D eigenvalue weighted by Crippen LogP contribution is -2.35. The van der Waals surface area contributed by atoms with Gasteiger partial charge in [0.15, 0.2) is 0 Å². The highest BCUT2D eigenvalue weighted by molar-refractivity contribution is 9.10. The van der Waals surface area contributed by atoms with E-state index >= 15 is 0 Å². The van der Waals surface area contributed by atoms with Crippen molar-refractivity contribution in [1.29, 1.82) is 0 Å². The smallest absolute Gasteiger partial charge is 0.306 e. The summed E-state index contributed by atoms with van der Waals surface area (Å²) in [7, 11) is 0. The first-order valence-electron chi connectivity index (χ1n) is 7.90. The Labute approximate surface area is 134 Å². The van der Waals surface area contributed by atoms with E-state index in [0.717, 1.165) is 38.6 Å². The molecule has 1 fully saturated rings. The highest BCUT2D eigenvalue weighted by Gasteiger charge is 2.32. The summed E-state index contributed by atoms with van der Waals surface area (Å²) in [4.78, 5) is 11.4. The molecule has 3 atom stereocenters. The Morgan fingerprint density at radius 1 is 1.29 bits per heavy atom. The minimum absolute atomic E-state index is 0.158. The summed E-state index contributed by atoms with van der Waals surface area (Å²) in [6.07, 6.45) is 6.33. The molecule has 2 aliphatic rings. The van der Waals surface area contributed by atoms with Crippen LogP contribution in [0.3, 0.4) is 0 Å². The van der Waals surface area contributed by atoms with Gasteiger partial charge in [-0.1, -0.05) is 40.9 Å². The van der Waals surface area contributed by atoms with Gasteiger partial charge in [0.1, 0.15) is 0 Å². The number of carboxylic acid groups (broad SMARTS) is 1. The number of hydrogen-bond donors (Lipinski definition) is 2. The van der Waals surface area contributed by atoms with Gasteiger partial charge in [-0.25, -0.2) is 0 Å². The SMILES string of the molecule is O=C(O)C1CCCCC1CNC1CCc2c(Br)cccc21. The molecule has 4 heteroatoms. The largest absolute Gasteiger partial charge is 0.481 e. The third-order valence-electron chi connectivity index (χ3n) is 5.07. The van der Waals surface area contributed by atoms with Crippen molar-refractivity contribution >= 4 is 21.9 Å². The Morgan fingerprint density at radius 3 is 2.90 bits per heavy atom. The Morgan fingerprint density at radius 2 is 2.10 bits per heavy atom.